The first-order valence-electron chi connectivity index (χ1n) is 7.04. The van der Waals surface area contributed by atoms with Gasteiger partial charge in [0.05, 0.1) is 0 Å². The van der Waals surface area contributed by atoms with E-state index >= 15 is 0 Å². The van der Waals surface area contributed by atoms with Crippen molar-refractivity contribution < 1.29 is 79.3 Å². The molecule has 11 heteroatoms. The summed E-state index contributed by atoms with van der Waals surface area (Å²) in [5, 5.41) is 81.1. The molecule has 1 unspecified atom stereocenters. The standard InChI is InChI=1S/C12H23I3O8/c16-9(17,8-3-4-13-7-8)10(18,19)11(20,21)12(22,23)14-15-5-1-2-6-15/h8,16-23H,1-7H2/q-2. The number of hydrogen-bond acceptors (Lipinski definition) is 8. The third kappa shape index (κ3) is 3.93. The average Bonchev–Trinajstić information content (AvgIpc) is 3.09. The van der Waals surface area contributed by atoms with E-state index in [1.807, 2.05) is 0 Å². The van der Waals surface area contributed by atoms with Crippen molar-refractivity contribution in [2.24, 2.45) is 5.92 Å². The SMILES string of the molecule is OC(O)([I-]I1CCCC1)C(O)(O)C(O)(O)C(O)(O)C1CC[I-]C1. The quantitative estimate of drug-likeness (QED) is 0.0783. The van der Waals surface area contributed by atoms with Crippen LogP contribution in [0.15, 0.2) is 0 Å². The molecule has 0 aromatic carbocycles. The molecule has 0 bridgehead atoms. The Morgan fingerprint density at radius 1 is 0.870 bits per heavy atom. The maximum absolute atomic E-state index is 10.2. The van der Waals surface area contributed by atoms with Crippen LogP contribution < -0.4 is 38.4 Å². The van der Waals surface area contributed by atoms with Gasteiger partial charge in [-0.1, -0.05) is 0 Å². The van der Waals surface area contributed by atoms with Gasteiger partial charge in [-0.15, -0.1) is 0 Å². The number of rotatable bonds is 6. The summed E-state index contributed by atoms with van der Waals surface area (Å²) in [6, 6.07) is 0. The predicted octanol–water partition coefficient (Wildman–Crippen LogP) is -8.92. The van der Waals surface area contributed by atoms with Gasteiger partial charge in [0.15, 0.2) is 0 Å². The Labute approximate surface area is 157 Å². The molecular formula is C12H23I3O8-2. The molecule has 0 saturated carbocycles. The molecule has 0 aromatic rings. The molecule has 2 fully saturated rings. The van der Waals surface area contributed by atoms with E-state index in [1.54, 1.807) is 0 Å². The van der Waals surface area contributed by atoms with Crippen molar-refractivity contribution in [1.82, 2.24) is 0 Å². The molecule has 23 heavy (non-hydrogen) atoms. The van der Waals surface area contributed by atoms with Gasteiger partial charge in [0.1, 0.15) is 0 Å². The van der Waals surface area contributed by atoms with Gasteiger partial charge in [0, 0.05) is 0 Å². The molecule has 0 radical (unpaired) electrons. The maximum atomic E-state index is 10.2. The fraction of sp³-hybridized carbons (Fsp3) is 1.00. The molecule has 1 atom stereocenters. The fourth-order valence-electron chi connectivity index (χ4n) is 2.40. The van der Waals surface area contributed by atoms with Crippen LogP contribution in [0.25, 0.3) is 0 Å². The van der Waals surface area contributed by atoms with Crippen molar-refractivity contribution in [3.8, 4) is 0 Å². The Kier molecular flexibility index (Phi) is 6.88. The van der Waals surface area contributed by atoms with Crippen molar-refractivity contribution in [2.75, 3.05) is 17.7 Å². The molecule has 2 heterocycles. The summed E-state index contributed by atoms with van der Waals surface area (Å²) in [6.07, 6.45) is 2.24. The molecule has 2 aliphatic heterocycles. The molecule has 142 valence electrons. The molecule has 2 saturated heterocycles. The van der Waals surface area contributed by atoms with Crippen LogP contribution in [0.1, 0.15) is 19.3 Å². The van der Waals surface area contributed by atoms with E-state index in [2.05, 4.69) is 0 Å². The van der Waals surface area contributed by atoms with E-state index < -0.39 is 60.1 Å². The number of hydrogen-bond donors (Lipinski definition) is 8. The van der Waals surface area contributed by atoms with Crippen LogP contribution in [0.4, 0.5) is 0 Å². The molecule has 0 spiro atoms. The average molecular weight is 676 g/mol. The third-order valence-electron chi connectivity index (χ3n) is 4.03. The number of halogens is 3. The normalized spacial score (nSPS) is 26.6. The van der Waals surface area contributed by atoms with Crippen LogP contribution in [0.5, 0.6) is 0 Å². The second kappa shape index (κ2) is 7.47. The Morgan fingerprint density at radius 3 is 1.91 bits per heavy atom. The van der Waals surface area contributed by atoms with Crippen LogP contribution in [0, 0.1) is 5.92 Å². The summed E-state index contributed by atoms with van der Waals surface area (Å²) in [7, 11) is 0. The Balaban J connectivity index is 2.23. The van der Waals surface area contributed by atoms with Crippen molar-refractivity contribution in [2.45, 2.75) is 40.4 Å². The molecule has 8 N–H and O–H groups in total. The van der Waals surface area contributed by atoms with Gasteiger partial charge < -0.3 is 0 Å². The molecule has 2 aliphatic rings. The fourth-order valence-corrected chi connectivity index (χ4v) is 24.9. The van der Waals surface area contributed by atoms with E-state index in [-0.39, 0.29) is 21.2 Å². The second-order valence-electron chi connectivity index (χ2n) is 5.72. The van der Waals surface area contributed by atoms with Crippen LogP contribution in [0.3, 0.4) is 0 Å². The minimum absolute atomic E-state index is 0.305. The van der Waals surface area contributed by atoms with Crippen LogP contribution in [0.2, 0.25) is 0 Å². The van der Waals surface area contributed by atoms with Gasteiger partial charge in [0.25, 0.3) is 0 Å². The van der Waals surface area contributed by atoms with E-state index in [0.717, 1.165) is 26.1 Å². The summed E-state index contributed by atoms with van der Waals surface area (Å²) in [5.74, 6) is -11.9. The molecular weight excluding hydrogens is 653 g/mol. The number of alkyl halides is 5. The van der Waals surface area contributed by atoms with Crippen molar-refractivity contribution in [3.05, 3.63) is 0 Å². The second-order valence-corrected chi connectivity index (χ2v) is 25.5. The van der Waals surface area contributed by atoms with Crippen molar-refractivity contribution in [1.29, 1.82) is 0 Å². The zero-order valence-corrected chi connectivity index (χ0v) is 18.7. The third-order valence-corrected chi connectivity index (χ3v) is 26.0. The zero-order valence-electron chi connectivity index (χ0n) is 12.2. The van der Waals surface area contributed by atoms with E-state index in [0.29, 0.717) is 10.8 Å². The summed E-state index contributed by atoms with van der Waals surface area (Å²) in [6.45, 7) is 0. The van der Waals surface area contributed by atoms with Crippen molar-refractivity contribution in [3.63, 3.8) is 0 Å². The van der Waals surface area contributed by atoms with Crippen LogP contribution in [-0.4, -0.2) is 79.7 Å². The first-order valence-corrected chi connectivity index (χ1v) is 20.5. The predicted molar refractivity (Wildman–Crippen MR) is 79.5 cm³/mol. The van der Waals surface area contributed by atoms with Gasteiger partial charge in [0.2, 0.25) is 0 Å². The van der Waals surface area contributed by atoms with Gasteiger partial charge in [-0.05, 0) is 0 Å². The van der Waals surface area contributed by atoms with E-state index in [4.69, 9.17) is 0 Å². The van der Waals surface area contributed by atoms with Gasteiger partial charge in [-0.25, -0.2) is 0 Å². The van der Waals surface area contributed by atoms with E-state index in [9.17, 15) is 40.9 Å². The molecule has 0 amide bonds. The molecule has 8 nitrogen and oxygen atoms in total. The Hall–Kier alpha value is 1.87. The molecule has 2 rings (SSSR count). The zero-order chi connectivity index (χ0) is 17.5. The summed E-state index contributed by atoms with van der Waals surface area (Å²) < 4.78 is -0.275. The van der Waals surface area contributed by atoms with Crippen LogP contribution >= 0.6 is 15.8 Å². The molecule has 0 aliphatic carbocycles. The Bertz CT molecular complexity index is 417. The van der Waals surface area contributed by atoms with Crippen molar-refractivity contribution >= 4 is 15.8 Å². The van der Waals surface area contributed by atoms with Crippen LogP contribution in [-0.2, 0) is 0 Å². The Morgan fingerprint density at radius 2 is 1.43 bits per heavy atom. The van der Waals surface area contributed by atoms with Gasteiger partial charge >= 0.3 is 159 Å². The van der Waals surface area contributed by atoms with Gasteiger partial charge in [-0.2, -0.15) is 0 Å². The van der Waals surface area contributed by atoms with Gasteiger partial charge in [-0.3, -0.25) is 0 Å². The molecule has 0 aromatic heterocycles. The number of aliphatic hydroxyl groups is 8. The summed E-state index contributed by atoms with van der Waals surface area (Å²) in [5.41, 5.74) is 0. The van der Waals surface area contributed by atoms with E-state index in [1.165, 1.54) is 0 Å². The summed E-state index contributed by atoms with van der Waals surface area (Å²) in [4.78, 5) is 0. The topological polar surface area (TPSA) is 162 Å². The monoisotopic (exact) mass is 676 g/mol. The first kappa shape index (κ1) is 21.2. The summed E-state index contributed by atoms with van der Waals surface area (Å²) >= 11 is -3.55. The first-order chi connectivity index (χ1) is 10.4. The minimum atomic E-state index is -3.86.